The second-order valence-corrected chi connectivity index (χ2v) is 5.26. The van der Waals surface area contributed by atoms with Crippen LogP contribution in [-0.4, -0.2) is 29.9 Å². The minimum absolute atomic E-state index is 0.0175. The van der Waals surface area contributed by atoms with Gasteiger partial charge in [-0.15, -0.1) is 0 Å². The van der Waals surface area contributed by atoms with Gasteiger partial charge in [-0.1, -0.05) is 0 Å². The van der Waals surface area contributed by atoms with Crippen LogP contribution in [0.2, 0.25) is 0 Å². The third-order valence-corrected chi connectivity index (χ3v) is 3.89. The maximum atomic E-state index is 12.0. The van der Waals surface area contributed by atoms with Crippen LogP contribution in [0.5, 0.6) is 0 Å². The Bertz CT molecular complexity index is 464. The molecule has 0 amide bonds. The molecule has 2 N–H and O–H groups in total. The van der Waals surface area contributed by atoms with Crippen LogP contribution in [-0.2, 0) is 6.54 Å². The van der Waals surface area contributed by atoms with Crippen molar-refractivity contribution in [3.05, 3.63) is 22.6 Å². The summed E-state index contributed by atoms with van der Waals surface area (Å²) in [5.74, 6) is 0. The van der Waals surface area contributed by atoms with E-state index in [-0.39, 0.29) is 11.0 Å². The molecule has 0 aromatic carbocycles. The molecule has 1 aliphatic rings. The highest BCUT2D eigenvalue weighted by Crippen LogP contribution is 2.49. The van der Waals surface area contributed by atoms with E-state index in [2.05, 4.69) is 5.10 Å². The molecule has 18 heavy (non-hydrogen) atoms. The predicted molar refractivity (Wildman–Crippen MR) is 72.8 cm³/mol. The summed E-state index contributed by atoms with van der Waals surface area (Å²) in [7, 11) is 1.96. The molecular weight excluding hydrogens is 228 g/mol. The summed E-state index contributed by atoms with van der Waals surface area (Å²) in [5.41, 5.74) is 6.71. The molecule has 5 heteroatoms. The molecule has 0 aliphatic heterocycles. The molecule has 5 nitrogen and oxygen atoms in total. The molecule has 100 valence electrons. The zero-order chi connectivity index (χ0) is 13.2. The Morgan fingerprint density at radius 2 is 2.28 bits per heavy atom. The zero-order valence-electron chi connectivity index (χ0n) is 11.2. The third-order valence-electron chi connectivity index (χ3n) is 3.89. The van der Waals surface area contributed by atoms with Crippen LogP contribution >= 0.6 is 0 Å². The molecule has 0 saturated heterocycles. The van der Waals surface area contributed by atoms with Crippen LogP contribution in [0.1, 0.15) is 26.2 Å². The van der Waals surface area contributed by atoms with Crippen molar-refractivity contribution < 1.29 is 0 Å². The summed E-state index contributed by atoms with van der Waals surface area (Å²) in [6, 6.07) is 1.66. The Morgan fingerprint density at radius 3 is 2.78 bits per heavy atom. The van der Waals surface area contributed by atoms with Crippen molar-refractivity contribution in [2.24, 2.45) is 11.1 Å². The van der Waals surface area contributed by atoms with E-state index in [0.29, 0.717) is 13.1 Å². The fourth-order valence-corrected chi connectivity index (χ4v) is 2.22. The molecule has 1 fully saturated rings. The molecular formula is C13H22N4O. The normalized spacial score (nSPS) is 16.6. The highest BCUT2D eigenvalue weighted by Gasteiger charge is 2.42. The van der Waals surface area contributed by atoms with Gasteiger partial charge in [0.1, 0.15) is 0 Å². The lowest BCUT2D eigenvalue weighted by atomic mass is 10.0. The first-order valence-electron chi connectivity index (χ1n) is 6.58. The number of nitrogens with zero attached hydrogens (tertiary/aromatic N) is 3. The molecule has 0 unspecified atom stereocenters. The Balaban J connectivity index is 2.13. The van der Waals surface area contributed by atoms with E-state index >= 15 is 0 Å². The van der Waals surface area contributed by atoms with Gasteiger partial charge in [-0.2, -0.15) is 5.10 Å². The number of aromatic nitrogens is 2. The highest BCUT2D eigenvalue weighted by molar-refractivity contribution is 5.41. The lowest BCUT2D eigenvalue weighted by molar-refractivity contribution is 0.365. The zero-order valence-corrected chi connectivity index (χ0v) is 11.2. The number of hydrogen-bond donors (Lipinski definition) is 1. The van der Waals surface area contributed by atoms with E-state index < -0.39 is 0 Å². The fourth-order valence-electron chi connectivity index (χ4n) is 2.22. The van der Waals surface area contributed by atoms with Crippen LogP contribution in [0, 0.1) is 5.41 Å². The van der Waals surface area contributed by atoms with Gasteiger partial charge in [0.05, 0.1) is 18.4 Å². The Kier molecular flexibility index (Phi) is 3.71. The van der Waals surface area contributed by atoms with Crippen LogP contribution < -0.4 is 16.2 Å². The monoisotopic (exact) mass is 250 g/mol. The largest absolute Gasteiger partial charge is 0.373 e. The van der Waals surface area contributed by atoms with Crippen molar-refractivity contribution in [2.75, 3.05) is 25.0 Å². The minimum Gasteiger partial charge on any atom is -0.373 e. The van der Waals surface area contributed by atoms with Crippen molar-refractivity contribution in [3.8, 4) is 0 Å². The second-order valence-electron chi connectivity index (χ2n) is 5.26. The van der Waals surface area contributed by atoms with Crippen molar-refractivity contribution >= 4 is 5.69 Å². The van der Waals surface area contributed by atoms with Crippen molar-refractivity contribution in [2.45, 2.75) is 32.7 Å². The molecule has 1 aromatic rings. The van der Waals surface area contributed by atoms with Gasteiger partial charge in [0.15, 0.2) is 0 Å². The molecule has 0 atom stereocenters. The van der Waals surface area contributed by atoms with E-state index in [4.69, 9.17) is 5.73 Å². The number of anilines is 1. The van der Waals surface area contributed by atoms with Gasteiger partial charge < -0.3 is 10.6 Å². The molecule has 1 aliphatic carbocycles. The molecule has 1 aromatic heterocycles. The fraction of sp³-hybridized carbons (Fsp3) is 0.692. The summed E-state index contributed by atoms with van der Waals surface area (Å²) in [4.78, 5) is 14.0. The first-order valence-corrected chi connectivity index (χ1v) is 6.58. The van der Waals surface area contributed by atoms with Gasteiger partial charge >= 0.3 is 0 Å². The lowest BCUT2D eigenvalue weighted by Crippen LogP contribution is -2.29. The Morgan fingerprint density at radius 1 is 1.56 bits per heavy atom. The first kappa shape index (κ1) is 13.1. The third kappa shape index (κ3) is 2.72. The quantitative estimate of drug-likeness (QED) is 0.812. The molecule has 0 radical (unpaired) electrons. The van der Waals surface area contributed by atoms with E-state index in [1.165, 1.54) is 0 Å². The molecule has 1 heterocycles. The van der Waals surface area contributed by atoms with Crippen LogP contribution in [0.4, 0.5) is 5.69 Å². The van der Waals surface area contributed by atoms with Gasteiger partial charge in [0.2, 0.25) is 0 Å². The van der Waals surface area contributed by atoms with E-state index in [0.717, 1.165) is 31.5 Å². The van der Waals surface area contributed by atoms with Gasteiger partial charge in [0.25, 0.3) is 5.56 Å². The van der Waals surface area contributed by atoms with Gasteiger partial charge in [-0.3, -0.25) is 4.79 Å². The number of hydrogen-bond acceptors (Lipinski definition) is 4. The topological polar surface area (TPSA) is 64.2 Å². The Labute approximate surface area is 108 Å². The summed E-state index contributed by atoms with van der Waals surface area (Å²) in [6.45, 7) is 4.30. The summed E-state index contributed by atoms with van der Waals surface area (Å²) >= 11 is 0. The van der Waals surface area contributed by atoms with Gasteiger partial charge in [-0.25, -0.2) is 4.68 Å². The van der Waals surface area contributed by atoms with Gasteiger partial charge in [-0.05, 0) is 38.1 Å². The SMILES string of the molecule is CCN(C)c1cnn(CC2(CCN)CC2)c(=O)c1. The standard InChI is InChI=1S/C13H22N4O/c1-3-16(2)11-8-12(18)17(15-9-11)10-13(4-5-13)6-7-14/h8-9H,3-7,10,14H2,1-2H3. The summed E-state index contributed by atoms with van der Waals surface area (Å²) in [5, 5.41) is 4.28. The average molecular weight is 250 g/mol. The Hall–Kier alpha value is -1.36. The molecule has 1 saturated carbocycles. The minimum atomic E-state index is -0.0175. The predicted octanol–water partition coefficient (Wildman–Crippen LogP) is 0.828. The van der Waals surface area contributed by atoms with Crippen LogP contribution in [0.25, 0.3) is 0 Å². The second kappa shape index (κ2) is 5.10. The highest BCUT2D eigenvalue weighted by atomic mass is 16.1. The summed E-state index contributed by atoms with van der Waals surface area (Å²) < 4.78 is 1.58. The van der Waals surface area contributed by atoms with E-state index in [1.807, 2.05) is 18.9 Å². The van der Waals surface area contributed by atoms with Crippen molar-refractivity contribution in [1.82, 2.24) is 9.78 Å². The molecule has 0 bridgehead atoms. The van der Waals surface area contributed by atoms with Crippen molar-refractivity contribution in [3.63, 3.8) is 0 Å². The average Bonchev–Trinajstić information content (AvgIpc) is 3.11. The molecule has 2 rings (SSSR count). The summed E-state index contributed by atoms with van der Waals surface area (Å²) in [6.07, 6.45) is 5.07. The maximum Gasteiger partial charge on any atom is 0.268 e. The van der Waals surface area contributed by atoms with E-state index in [9.17, 15) is 4.79 Å². The smallest absolute Gasteiger partial charge is 0.268 e. The number of nitrogens with two attached hydrogens (primary N) is 1. The van der Waals surface area contributed by atoms with E-state index in [1.54, 1.807) is 16.9 Å². The van der Waals surface area contributed by atoms with Gasteiger partial charge in [0, 0.05) is 19.7 Å². The maximum absolute atomic E-state index is 12.0. The van der Waals surface area contributed by atoms with Crippen LogP contribution in [0.3, 0.4) is 0 Å². The number of rotatable bonds is 6. The van der Waals surface area contributed by atoms with Crippen molar-refractivity contribution in [1.29, 1.82) is 0 Å². The lowest BCUT2D eigenvalue weighted by Gasteiger charge is -2.18. The van der Waals surface area contributed by atoms with Crippen LogP contribution in [0.15, 0.2) is 17.1 Å². The first-order chi connectivity index (χ1) is 8.60. The molecule has 0 spiro atoms.